The lowest BCUT2D eigenvalue weighted by Crippen LogP contribution is -2.16. The zero-order chi connectivity index (χ0) is 17.0. The van der Waals surface area contributed by atoms with Gasteiger partial charge in [-0.25, -0.2) is 8.42 Å². The summed E-state index contributed by atoms with van der Waals surface area (Å²) in [5.41, 5.74) is 0.0321. The van der Waals surface area contributed by atoms with Crippen molar-refractivity contribution in [1.29, 1.82) is 0 Å². The van der Waals surface area contributed by atoms with Gasteiger partial charge in [-0.1, -0.05) is 41.4 Å². The maximum Gasteiger partial charge on any atom is 0.272 e. The van der Waals surface area contributed by atoms with Crippen molar-refractivity contribution in [2.75, 3.05) is 17.6 Å². The van der Waals surface area contributed by atoms with Crippen molar-refractivity contribution in [3.8, 4) is 0 Å². The molecule has 0 bridgehead atoms. The monoisotopic (exact) mass is 374 g/mol. The van der Waals surface area contributed by atoms with Crippen LogP contribution in [0.2, 0.25) is 10.0 Å². The van der Waals surface area contributed by atoms with Crippen LogP contribution in [0.15, 0.2) is 47.4 Å². The number of benzene rings is 2. The predicted octanol–water partition coefficient (Wildman–Crippen LogP) is 3.79. The van der Waals surface area contributed by atoms with Gasteiger partial charge in [0.2, 0.25) is 0 Å². The molecule has 0 spiro atoms. The zero-order valence-corrected chi connectivity index (χ0v) is 14.0. The number of anilines is 1. The van der Waals surface area contributed by atoms with E-state index in [2.05, 4.69) is 5.32 Å². The van der Waals surface area contributed by atoms with Crippen molar-refractivity contribution in [3.63, 3.8) is 0 Å². The van der Waals surface area contributed by atoms with Gasteiger partial charge >= 0.3 is 0 Å². The molecule has 0 fully saturated rings. The molecule has 122 valence electrons. The first-order chi connectivity index (χ1) is 10.8. The molecule has 0 radical (unpaired) electrons. The molecule has 2 rings (SSSR count). The van der Waals surface area contributed by atoms with Crippen molar-refractivity contribution >= 4 is 44.4 Å². The fourth-order valence-corrected chi connectivity index (χ4v) is 3.68. The van der Waals surface area contributed by atoms with Crippen molar-refractivity contribution in [2.45, 2.75) is 4.90 Å². The van der Waals surface area contributed by atoms with Gasteiger partial charge in [0, 0.05) is 18.7 Å². The summed E-state index contributed by atoms with van der Waals surface area (Å²) in [6.07, 6.45) is 0. The summed E-state index contributed by atoms with van der Waals surface area (Å²) >= 11 is 11.9. The van der Waals surface area contributed by atoms with E-state index in [1.165, 1.54) is 12.1 Å². The van der Waals surface area contributed by atoms with Crippen LogP contribution in [0.4, 0.5) is 11.4 Å². The Balaban J connectivity index is 2.09. The third kappa shape index (κ3) is 4.34. The van der Waals surface area contributed by atoms with Crippen LogP contribution in [-0.2, 0) is 9.84 Å². The van der Waals surface area contributed by atoms with Crippen molar-refractivity contribution in [3.05, 3.63) is 62.6 Å². The van der Waals surface area contributed by atoms with Gasteiger partial charge in [0.05, 0.1) is 31.3 Å². The Morgan fingerprint density at radius 2 is 1.65 bits per heavy atom. The molecule has 0 aliphatic rings. The van der Waals surface area contributed by atoms with Gasteiger partial charge in [0.15, 0.2) is 9.84 Å². The van der Waals surface area contributed by atoms with E-state index in [0.717, 1.165) is 12.1 Å². The lowest BCUT2D eigenvalue weighted by molar-refractivity contribution is -0.384. The normalized spacial score (nSPS) is 11.2. The number of non-ortho nitro benzene ring substituents is 1. The molecule has 6 nitrogen and oxygen atoms in total. The highest BCUT2D eigenvalue weighted by atomic mass is 35.5. The summed E-state index contributed by atoms with van der Waals surface area (Å²) in [6.45, 7) is 0.0640. The second-order valence-electron chi connectivity index (χ2n) is 4.60. The van der Waals surface area contributed by atoms with E-state index >= 15 is 0 Å². The van der Waals surface area contributed by atoms with Crippen LogP contribution in [0.25, 0.3) is 0 Å². The molecule has 0 atom stereocenters. The van der Waals surface area contributed by atoms with Crippen molar-refractivity contribution in [1.82, 2.24) is 0 Å². The first kappa shape index (κ1) is 17.5. The van der Waals surface area contributed by atoms with E-state index in [0.29, 0.717) is 0 Å². The second kappa shape index (κ2) is 7.16. The Kier molecular flexibility index (Phi) is 5.46. The van der Waals surface area contributed by atoms with Gasteiger partial charge in [-0.05, 0) is 12.1 Å². The highest BCUT2D eigenvalue weighted by molar-refractivity contribution is 7.91. The number of hydrogen-bond acceptors (Lipinski definition) is 5. The largest absolute Gasteiger partial charge is 0.382 e. The van der Waals surface area contributed by atoms with Gasteiger partial charge in [0.1, 0.15) is 0 Å². The number of rotatable bonds is 6. The van der Waals surface area contributed by atoms with Crippen LogP contribution in [-0.4, -0.2) is 25.6 Å². The van der Waals surface area contributed by atoms with Crippen LogP contribution < -0.4 is 5.32 Å². The Morgan fingerprint density at radius 1 is 1.09 bits per heavy atom. The standard InChI is InChI=1S/C14H12Cl2N2O4S/c15-12-8-10(18(19)20)9-13(16)14(12)17-6-7-23(21,22)11-4-2-1-3-5-11/h1-5,8-9,17H,6-7H2. The van der Waals surface area contributed by atoms with Gasteiger partial charge in [0.25, 0.3) is 5.69 Å². The molecule has 0 saturated heterocycles. The molecule has 0 aromatic heterocycles. The third-order valence-electron chi connectivity index (χ3n) is 3.01. The minimum atomic E-state index is -3.43. The second-order valence-corrected chi connectivity index (χ2v) is 7.52. The van der Waals surface area contributed by atoms with Gasteiger partial charge in [-0.15, -0.1) is 0 Å². The van der Waals surface area contributed by atoms with Crippen LogP contribution in [0.1, 0.15) is 0 Å². The predicted molar refractivity (Wildman–Crippen MR) is 90.1 cm³/mol. The summed E-state index contributed by atoms with van der Waals surface area (Å²) in [6, 6.07) is 10.4. The lowest BCUT2D eigenvalue weighted by Gasteiger charge is -2.11. The number of nitrogens with zero attached hydrogens (tertiary/aromatic N) is 1. The molecule has 2 aromatic carbocycles. The molecule has 0 amide bonds. The minimum absolute atomic E-state index is 0.0568. The summed E-state index contributed by atoms with van der Waals surface area (Å²) in [5.74, 6) is -0.166. The molecule has 1 N–H and O–H groups in total. The number of halogens is 2. The van der Waals surface area contributed by atoms with Gasteiger partial charge in [-0.3, -0.25) is 10.1 Å². The quantitative estimate of drug-likeness (QED) is 0.613. The minimum Gasteiger partial charge on any atom is -0.382 e. The number of hydrogen-bond donors (Lipinski definition) is 1. The molecule has 23 heavy (non-hydrogen) atoms. The van der Waals surface area contributed by atoms with Gasteiger partial charge < -0.3 is 5.32 Å². The van der Waals surface area contributed by atoms with Gasteiger partial charge in [-0.2, -0.15) is 0 Å². The number of sulfone groups is 1. The molecule has 0 aliphatic carbocycles. The van der Waals surface area contributed by atoms with E-state index in [1.807, 2.05) is 0 Å². The van der Waals surface area contributed by atoms with E-state index in [-0.39, 0.29) is 38.6 Å². The zero-order valence-electron chi connectivity index (χ0n) is 11.7. The van der Waals surface area contributed by atoms with Crippen molar-refractivity contribution < 1.29 is 13.3 Å². The summed E-state index contributed by atoms with van der Waals surface area (Å²) in [4.78, 5) is 10.3. The fraction of sp³-hybridized carbons (Fsp3) is 0.143. The lowest BCUT2D eigenvalue weighted by atomic mass is 10.3. The van der Waals surface area contributed by atoms with E-state index in [4.69, 9.17) is 23.2 Å². The Morgan fingerprint density at radius 3 is 2.17 bits per heavy atom. The van der Waals surface area contributed by atoms with E-state index in [1.54, 1.807) is 18.2 Å². The van der Waals surface area contributed by atoms with Crippen LogP contribution in [0.3, 0.4) is 0 Å². The Bertz CT molecular complexity index is 803. The van der Waals surface area contributed by atoms with E-state index in [9.17, 15) is 18.5 Å². The first-order valence-corrected chi connectivity index (χ1v) is 8.87. The SMILES string of the molecule is O=[N+]([O-])c1cc(Cl)c(NCCS(=O)(=O)c2ccccc2)c(Cl)c1. The molecule has 9 heteroatoms. The highest BCUT2D eigenvalue weighted by Crippen LogP contribution is 2.34. The number of nitrogens with one attached hydrogen (secondary N) is 1. The summed E-state index contributed by atoms with van der Waals surface area (Å²) in [7, 11) is -3.43. The summed E-state index contributed by atoms with van der Waals surface area (Å²) in [5, 5.41) is 13.6. The molecule has 0 unspecified atom stereocenters. The molecule has 0 saturated carbocycles. The first-order valence-electron chi connectivity index (χ1n) is 6.46. The molecule has 0 heterocycles. The summed E-state index contributed by atoms with van der Waals surface area (Å²) < 4.78 is 24.3. The average molecular weight is 375 g/mol. The number of nitro benzene ring substituents is 1. The van der Waals surface area contributed by atoms with E-state index < -0.39 is 14.8 Å². The van der Waals surface area contributed by atoms with Crippen LogP contribution in [0.5, 0.6) is 0 Å². The van der Waals surface area contributed by atoms with Crippen molar-refractivity contribution in [2.24, 2.45) is 0 Å². The molecular formula is C14H12Cl2N2O4S. The molecular weight excluding hydrogens is 363 g/mol. The van der Waals surface area contributed by atoms with Crippen LogP contribution in [0, 0.1) is 10.1 Å². The Labute approximate surface area is 143 Å². The fourth-order valence-electron chi connectivity index (χ4n) is 1.89. The topological polar surface area (TPSA) is 89.3 Å². The van der Waals surface area contributed by atoms with Crippen LogP contribution >= 0.6 is 23.2 Å². The highest BCUT2D eigenvalue weighted by Gasteiger charge is 2.17. The maximum atomic E-state index is 12.1. The number of nitro groups is 1. The average Bonchev–Trinajstić information content (AvgIpc) is 2.50. The molecule has 2 aromatic rings. The third-order valence-corrected chi connectivity index (χ3v) is 5.34. The maximum absolute atomic E-state index is 12.1. The smallest absolute Gasteiger partial charge is 0.272 e. The molecule has 0 aliphatic heterocycles. The Hall–Kier alpha value is -1.83.